The summed E-state index contributed by atoms with van der Waals surface area (Å²) < 4.78 is 10.7. The van der Waals surface area contributed by atoms with Crippen molar-refractivity contribution in [3.05, 3.63) is 35.9 Å². The van der Waals surface area contributed by atoms with Crippen LogP contribution in [-0.4, -0.2) is 42.9 Å². The van der Waals surface area contributed by atoms with Crippen LogP contribution in [0.4, 0.5) is 4.79 Å². The second-order valence-electron chi connectivity index (χ2n) is 6.63. The van der Waals surface area contributed by atoms with Crippen molar-refractivity contribution in [2.24, 2.45) is 0 Å². The van der Waals surface area contributed by atoms with Crippen LogP contribution in [0.15, 0.2) is 30.3 Å². The molecule has 1 aromatic rings. The second kappa shape index (κ2) is 7.46. The Morgan fingerprint density at radius 3 is 2.52 bits per heavy atom. The number of amides is 1. The third-order valence-corrected chi connectivity index (χ3v) is 3.31. The molecule has 2 rings (SSSR count). The lowest BCUT2D eigenvalue weighted by molar-refractivity contribution is 0.0192. The molecule has 0 radical (unpaired) electrons. The van der Waals surface area contributed by atoms with E-state index in [0.717, 1.165) is 0 Å². The average Bonchev–Trinajstić information content (AvgIpc) is 2.46. The van der Waals surface area contributed by atoms with Gasteiger partial charge in [0.15, 0.2) is 0 Å². The molecule has 1 aromatic carbocycles. The first-order valence-corrected chi connectivity index (χ1v) is 7.80. The van der Waals surface area contributed by atoms with Gasteiger partial charge in [-0.3, -0.25) is 0 Å². The van der Waals surface area contributed by atoms with E-state index in [1.165, 1.54) is 0 Å². The number of hydrogen-bond donors (Lipinski definition) is 2. The maximum absolute atomic E-state index is 12.1. The van der Waals surface area contributed by atoms with E-state index < -0.39 is 11.7 Å². The van der Waals surface area contributed by atoms with E-state index in [9.17, 15) is 9.59 Å². The quantitative estimate of drug-likeness (QED) is 0.834. The molecule has 0 saturated carbocycles. The fraction of sp³-hybridized carbons (Fsp3) is 0.529. The van der Waals surface area contributed by atoms with Crippen LogP contribution in [0.2, 0.25) is 0 Å². The highest BCUT2D eigenvalue weighted by Crippen LogP contribution is 2.12. The number of alkyl carbamates (subject to hydrolysis) is 1. The van der Waals surface area contributed by atoms with Crippen LogP contribution in [0, 0.1) is 0 Å². The fourth-order valence-corrected chi connectivity index (χ4v) is 2.37. The zero-order valence-electron chi connectivity index (χ0n) is 13.8. The largest absolute Gasteiger partial charge is 0.457 e. The Labute approximate surface area is 136 Å². The Hall–Kier alpha value is -2.08. The molecule has 6 nitrogen and oxygen atoms in total. The van der Waals surface area contributed by atoms with Crippen molar-refractivity contribution >= 4 is 12.1 Å². The highest BCUT2D eigenvalue weighted by Gasteiger charge is 2.27. The standard InChI is InChI=1S/C17H24N2O4/c1-17(2,3)23-16(21)19-13-9-14(11-18-10-13)22-15(20)12-7-5-4-6-8-12/h4-8,13-14,18H,9-11H2,1-3H3,(H,19,21). The predicted octanol–water partition coefficient (Wildman–Crippen LogP) is 2.10. The molecule has 126 valence electrons. The van der Waals surface area contributed by atoms with Gasteiger partial charge in [0, 0.05) is 25.6 Å². The van der Waals surface area contributed by atoms with E-state index in [-0.39, 0.29) is 18.1 Å². The van der Waals surface area contributed by atoms with Gasteiger partial charge in [0.1, 0.15) is 11.7 Å². The molecule has 0 bridgehead atoms. The van der Waals surface area contributed by atoms with Crippen molar-refractivity contribution in [1.82, 2.24) is 10.6 Å². The third kappa shape index (κ3) is 5.90. The Bertz CT molecular complexity index is 539. The van der Waals surface area contributed by atoms with Crippen LogP contribution in [0.1, 0.15) is 37.6 Å². The first kappa shape index (κ1) is 17.3. The van der Waals surface area contributed by atoms with E-state index in [1.54, 1.807) is 24.3 Å². The van der Waals surface area contributed by atoms with Gasteiger partial charge in [0.25, 0.3) is 0 Å². The average molecular weight is 320 g/mol. The normalized spacial score (nSPS) is 21.3. The van der Waals surface area contributed by atoms with Crippen LogP contribution in [0.3, 0.4) is 0 Å². The Morgan fingerprint density at radius 2 is 1.87 bits per heavy atom. The number of nitrogens with one attached hydrogen (secondary N) is 2. The van der Waals surface area contributed by atoms with E-state index in [2.05, 4.69) is 10.6 Å². The topological polar surface area (TPSA) is 76.7 Å². The summed E-state index contributed by atoms with van der Waals surface area (Å²) in [4.78, 5) is 23.9. The van der Waals surface area contributed by atoms with Crippen LogP contribution in [0.5, 0.6) is 0 Å². The number of rotatable bonds is 3. The first-order valence-electron chi connectivity index (χ1n) is 7.80. The van der Waals surface area contributed by atoms with E-state index in [4.69, 9.17) is 9.47 Å². The van der Waals surface area contributed by atoms with Crippen molar-refractivity contribution < 1.29 is 19.1 Å². The van der Waals surface area contributed by atoms with Gasteiger partial charge in [0.05, 0.1) is 5.56 Å². The van der Waals surface area contributed by atoms with Gasteiger partial charge in [-0.2, -0.15) is 0 Å². The Kier molecular flexibility index (Phi) is 5.60. The number of carbonyl (C=O) groups is 2. The minimum Gasteiger partial charge on any atom is -0.457 e. The van der Waals surface area contributed by atoms with Crippen LogP contribution in [0.25, 0.3) is 0 Å². The van der Waals surface area contributed by atoms with E-state index >= 15 is 0 Å². The van der Waals surface area contributed by atoms with Crippen molar-refractivity contribution in [1.29, 1.82) is 0 Å². The molecule has 0 spiro atoms. The van der Waals surface area contributed by atoms with Crippen LogP contribution >= 0.6 is 0 Å². The van der Waals surface area contributed by atoms with Crippen molar-refractivity contribution in [2.75, 3.05) is 13.1 Å². The lowest BCUT2D eigenvalue weighted by Gasteiger charge is -2.31. The Morgan fingerprint density at radius 1 is 1.17 bits per heavy atom. The second-order valence-corrected chi connectivity index (χ2v) is 6.63. The minimum absolute atomic E-state index is 0.132. The predicted molar refractivity (Wildman–Crippen MR) is 86.3 cm³/mol. The van der Waals surface area contributed by atoms with Gasteiger partial charge >= 0.3 is 12.1 Å². The molecule has 0 aromatic heterocycles. The fourth-order valence-electron chi connectivity index (χ4n) is 2.37. The van der Waals surface area contributed by atoms with Crippen molar-refractivity contribution in [3.63, 3.8) is 0 Å². The number of esters is 1. The molecule has 1 amide bonds. The van der Waals surface area contributed by atoms with Gasteiger partial charge in [-0.25, -0.2) is 9.59 Å². The Balaban J connectivity index is 1.84. The number of ether oxygens (including phenoxy) is 2. The van der Waals surface area contributed by atoms with Gasteiger partial charge < -0.3 is 20.1 Å². The van der Waals surface area contributed by atoms with Gasteiger partial charge in [-0.05, 0) is 32.9 Å². The summed E-state index contributed by atoms with van der Waals surface area (Å²) in [6.45, 7) is 6.64. The molecular formula is C17H24N2O4. The lowest BCUT2D eigenvalue weighted by Crippen LogP contribution is -2.52. The molecule has 1 aliphatic rings. The molecule has 1 saturated heterocycles. The summed E-state index contributed by atoms with van der Waals surface area (Å²) in [6, 6.07) is 8.74. The smallest absolute Gasteiger partial charge is 0.407 e. The minimum atomic E-state index is -0.536. The number of carbonyl (C=O) groups excluding carboxylic acids is 2. The van der Waals surface area contributed by atoms with Crippen molar-refractivity contribution in [3.8, 4) is 0 Å². The monoisotopic (exact) mass is 320 g/mol. The molecule has 0 aliphatic carbocycles. The van der Waals surface area contributed by atoms with Gasteiger partial charge in [0.2, 0.25) is 0 Å². The van der Waals surface area contributed by atoms with Crippen LogP contribution in [-0.2, 0) is 9.47 Å². The van der Waals surface area contributed by atoms with E-state index in [0.29, 0.717) is 25.1 Å². The molecule has 2 N–H and O–H groups in total. The summed E-state index contributed by atoms with van der Waals surface area (Å²) in [7, 11) is 0. The molecular weight excluding hydrogens is 296 g/mol. The number of piperidine rings is 1. The molecule has 1 fully saturated rings. The van der Waals surface area contributed by atoms with Gasteiger partial charge in [-0.1, -0.05) is 18.2 Å². The van der Waals surface area contributed by atoms with Crippen LogP contribution < -0.4 is 10.6 Å². The third-order valence-electron chi connectivity index (χ3n) is 3.31. The summed E-state index contributed by atoms with van der Waals surface area (Å²) in [6.07, 6.45) is -0.180. The highest BCUT2D eigenvalue weighted by atomic mass is 16.6. The first-order chi connectivity index (χ1) is 10.8. The summed E-state index contributed by atoms with van der Waals surface area (Å²) in [5.41, 5.74) is -0.0135. The molecule has 2 unspecified atom stereocenters. The summed E-state index contributed by atoms with van der Waals surface area (Å²) in [5, 5.41) is 5.97. The number of benzene rings is 1. The number of hydrogen-bond acceptors (Lipinski definition) is 5. The summed E-state index contributed by atoms with van der Waals surface area (Å²) in [5.74, 6) is -0.352. The van der Waals surface area contributed by atoms with E-state index in [1.807, 2.05) is 26.8 Å². The van der Waals surface area contributed by atoms with Crippen molar-refractivity contribution in [2.45, 2.75) is 44.9 Å². The molecule has 6 heteroatoms. The van der Waals surface area contributed by atoms with Gasteiger partial charge in [-0.15, -0.1) is 0 Å². The molecule has 2 atom stereocenters. The summed E-state index contributed by atoms with van der Waals surface area (Å²) >= 11 is 0. The molecule has 1 heterocycles. The highest BCUT2D eigenvalue weighted by molar-refractivity contribution is 5.89. The molecule has 1 aliphatic heterocycles. The maximum Gasteiger partial charge on any atom is 0.407 e. The zero-order chi connectivity index (χ0) is 16.9. The zero-order valence-corrected chi connectivity index (χ0v) is 13.8. The lowest BCUT2D eigenvalue weighted by atomic mass is 10.1. The SMILES string of the molecule is CC(C)(C)OC(=O)NC1CNCC(OC(=O)c2ccccc2)C1. The maximum atomic E-state index is 12.1. The molecule has 23 heavy (non-hydrogen) atoms.